The fourth-order valence-corrected chi connectivity index (χ4v) is 1.67. The highest BCUT2D eigenvalue weighted by atomic mass is 19.4. The van der Waals surface area contributed by atoms with Crippen LogP contribution in [0.4, 0.5) is 18.9 Å². The van der Waals surface area contributed by atoms with Crippen LogP contribution in [-0.4, -0.2) is 11.7 Å². The van der Waals surface area contributed by atoms with Gasteiger partial charge in [-0.25, -0.2) is 0 Å². The molecule has 1 aromatic carbocycles. The Balaban J connectivity index is 2.08. The summed E-state index contributed by atoms with van der Waals surface area (Å²) in [7, 11) is 0. The van der Waals surface area contributed by atoms with Gasteiger partial charge in [-0.05, 0) is 24.3 Å². The van der Waals surface area contributed by atoms with Crippen molar-refractivity contribution in [1.82, 2.24) is 0 Å². The van der Waals surface area contributed by atoms with E-state index in [0.29, 0.717) is 5.76 Å². The summed E-state index contributed by atoms with van der Waals surface area (Å²) in [6.45, 7) is -0.0688. The maximum absolute atomic E-state index is 12.7. The second-order valence-corrected chi connectivity index (χ2v) is 3.96. The predicted octanol–water partition coefficient (Wildman–Crippen LogP) is 3.44. The number of aliphatic hydroxyl groups is 1. The van der Waals surface area contributed by atoms with E-state index in [2.05, 4.69) is 5.32 Å². The van der Waals surface area contributed by atoms with E-state index >= 15 is 0 Å². The molecule has 0 aliphatic heterocycles. The molecule has 0 spiro atoms. The van der Waals surface area contributed by atoms with Crippen LogP contribution in [0.25, 0.3) is 0 Å². The Labute approximate surface area is 107 Å². The number of rotatable bonds is 4. The van der Waals surface area contributed by atoms with Crippen LogP contribution >= 0.6 is 0 Å². The molecule has 3 nitrogen and oxygen atoms in total. The van der Waals surface area contributed by atoms with Crippen LogP contribution in [-0.2, 0) is 6.18 Å². The third-order valence-electron chi connectivity index (χ3n) is 2.59. The molecule has 0 saturated heterocycles. The zero-order valence-electron chi connectivity index (χ0n) is 9.82. The van der Waals surface area contributed by atoms with Crippen LogP contribution < -0.4 is 5.32 Å². The minimum atomic E-state index is -4.43. The summed E-state index contributed by atoms with van der Waals surface area (Å²) in [5, 5.41) is 12.3. The second-order valence-electron chi connectivity index (χ2n) is 3.96. The molecule has 19 heavy (non-hydrogen) atoms. The van der Waals surface area contributed by atoms with Crippen molar-refractivity contribution in [3.63, 3.8) is 0 Å². The van der Waals surface area contributed by atoms with E-state index in [0.717, 1.165) is 6.07 Å². The van der Waals surface area contributed by atoms with Gasteiger partial charge in [-0.15, -0.1) is 0 Å². The zero-order valence-corrected chi connectivity index (χ0v) is 9.82. The molecular weight excluding hydrogens is 259 g/mol. The average Bonchev–Trinajstić information content (AvgIpc) is 2.89. The van der Waals surface area contributed by atoms with Gasteiger partial charge in [-0.2, -0.15) is 13.2 Å². The average molecular weight is 271 g/mol. The smallest absolute Gasteiger partial charge is 0.418 e. The van der Waals surface area contributed by atoms with Gasteiger partial charge in [-0.3, -0.25) is 0 Å². The van der Waals surface area contributed by atoms with Crippen LogP contribution in [0.1, 0.15) is 17.4 Å². The van der Waals surface area contributed by atoms with E-state index in [1.807, 2.05) is 0 Å². The number of anilines is 1. The number of halogens is 3. The molecule has 102 valence electrons. The monoisotopic (exact) mass is 271 g/mol. The molecular formula is C13H12F3NO2. The van der Waals surface area contributed by atoms with E-state index in [1.54, 1.807) is 12.1 Å². The fourth-order valence-electron chi connectivity index (χ4n) is 1.67. The highest BCUT2D eigenvalue weighted by molar-refractivity contribution is 5.52. The van der Waals surface area contributed by atoms with Gasteiger partial charge < -0.3 is 14.8 Å². The molecule has 0 aliphatic rings. The fraction of sp³-hybridized carbons (Fsp3) is 0.231. The highest BCUT2D eigenvalue weighted by Crippen LogP contribution is 2.34. The van der Waals surface area contributed by atoms with Crippen molar-refractivity contribution in [2.24, 2.45) is 0 Å². The summed E-state index contributed by atoms with van der Waals surface area (Å²) in [6.07, 6.45) is -4.04. The number of furan rings is 1. The second kappa shape index (κ2) is 5.36. The molecule has 0 amide bonds. The molecule has 2 aromatic rings. The number of benzene rings is 1. The van der Waals surface area contributed by atoms with Gasteiger partial charge >= 0.3 is 6.18 Å². The van der Waals surface area contributed by atoms with Gasteiger partial charge in [0, 0.05) is 12.2 Å². The molecule has 0 fully saturated rings. The molecule has 0 aliphatic carbocycles. The lowest BCUT2D eigenvalue weighted by Gasteiger charge is -2.15. The van der Waals surface area contributed by atoms with E-state index in [4.69, 9.17) is 4.42 Å². The quantitative estimate of drug-likeness (QED) is 0.895. The van der Waals surface area contributed by atoms with E-state index in [9.17, 15) is 18.3 Å². The van der Waals surface area contributed by atoms with Gasteiger partial charge in [0.2, 0.25) is 0 Å². The Bertz CT molecular complexity index is 523. The molecule has 2 N–H and O–H groups in total. The van der Waals surface area contributed by atoms with Gasteiger partial charge in [0.1, 0.15) is 11.9 Å². The summed E-state index contributed by atoms with van der Waals surface area (Å²) >= 11 is 0. The number of nitrogens with one attached hydrogen (secondary N) is 1. The third-order valence-corrected chi connectivity index (χ3v) is 2.59. The summed E-state index contributed by atoms with van der Waals surface area (Å²) in [6, 6.07) is 8.28. The Morgan fingerprint density at radius 2 is 1.89 bits per heavy atom. The number of aliphatic hydroxyl groups excluding tert-OH is 1. The number of para-hydroxylation sites is 1. The van der Waals surface area contributed by atoms with Crippen LogP contribution in [0.15, 0.2) is 47.1 Å². The van der Waals surface area contributed by atoms with Crippen molar-refractivity contribution in [1.29, 1.82) is 0 Å². The minimum absolute atomic E-state index is 0.0688. The molecule has 0 bridgehead atoms. The summed E-state index contributed by atoms with van der Waals surface area (Å²) in [4.78, 5) is 0. The lowest BCUT2D eigenvalue weighted by atomic mass is 10.1. The van der Waals surface area contributed by atoms with Crippen molar-refractivity contribution in [3.8, 4) is 0 Å². The molecule has 0 saturated carbocycles. The van der Waals surface area contributed by atoms with Crippen molar-refractivity contribution < 1.29 is 22.7 Å². The molecule has 1 aromatic heterocycles. The maximum Gasteiger partial charge on any atom is 0.418 e. The van der Waals surface area contributed by atoms with Gasteiger partial charge in [0.05, 0.1) is 11.8 Å². The molecule has 0 radical (unpaired) electrons. The summed E-state index contributed by atoms with van der Waals surface area (Å²) in [5.41, 5.74) is -0.831. The van der Waals surface area contributed by atoms with E-state index in [1.165, 1.54) is 24.5 Å². The van der Waals surface area contributed by atoms with Crippen molar-refractivity contribution in [2.45, 2.75) is 12.3 Å². The Morgan fingerprint density at radius 3 is 2.53 bits per heavy atom. The molecule has 1 atom stereocenters. The van der Waals surface area contributed by atoms with Crippen molar-refractivity contribution in [2.75, 3.05) is 11.9 Å². The summed E-state index contributed by atoms with van der Waals surface area (Å²) < 4.78 is 43.1. The van der Waals surface area contributed by atoms with Crippen LogP contribution in [0.5, 0.6) is 0 Å². The standard InChI is InChI=1S/C13H12F3NO2/c14-13(15,16)9-4-1-2-5-10(9)17-8-11(18)12-6-3-7-19-12/h1-7,11,17-18H,8H2. The highest BCUT2D eigenvalue weighted by Gasteiger charge is 2.33. The van der Waals surface area contributed by atoms with Gasteiger partial charge in [0.25, 0.3) is 0 Å². The lowest BCUT2D eigenvalue weighted by Crippen LogP contribution is -2.15. The normalized spacial score (nSPS) is 13.3. The van der Waals surface area contributed by atoms with E-state index < -0.39 is 17.8 Å². The first kappa shape index (κ1) is 13.5. The predicted molar refractivity (Wildman–Crippen MR) is 63.6 cm³/mol. The Hall–Kier alpha value is -1.95. The van der Waals surface area contributed by atoms with E-state index in [-0.39, 0.29) is 12.2 Å². The molecule has 1 heterocycles. The first-order chi connectivity index (χ1) is 8.98. The minimum Gasteiger partial charge on any atom is -0.467 e. The molecule has 6 heteroatoms. The maximum atomic E-state index is 12.7. The topological polar surface area (TPSA) is 45.4 Å². The summed E-state index contributed by atoms with van der Waals surface area (Å²) in [5.74, 6) is 0.303. The van der Waals surface area contributed by atoms with Crippen LogP contribution in [0.2, 0.25) is 0 Å². The number of alkyl halides is 3. The number of hydrogen-bond acceptors (Lipinski definition) is 3. The van der Waals surface area contributed by atoms with Gasteiger partial charge in [0.15, 0.2) is 0 Å². The Morgan fingerprint density at radius 1 is 1.16 bits per heavy atom. The largest absolute Gasteiger partial charge is 0.467 e. The van der Waals surface area contributed by atoms with Crippen LogP contribution in [0, 0.1) is 0 Å². The SMILES string of the molecule is OC(CNc1ccccc1C(F)(F)F)c1ccco1. The molecule has 1 unspecified atom stereocenters. The lowest BCUT2D eigenvalue weighted by molar-refractivity contribution is -0.137. The molecule has 2 rings (SSSR count). The number of hydrogen-bond donors (Lipinski definition) is 2. The zero-order chi connectivity index (χ0) is 13.9. The van der Waals surface area contributed by atoms with Crippen LogP contribution in [0.3, 0.4) is 0 Å². The van der Waals surface area contributed by atoms with Crippen molar-refractivity contribution >= 4 is 5.69 Å². The van der Waals surface area contributed by atoms with Gasteiger partial charge in [-0.1, -0.05) is 12.1 Å². The Kier molecular flexibility index (Phi) is 3.80. The van der Waals surface area contributed by atoms with Crippen molar-refractivity contribution in [3.05, 3.63) is 54.0 Å². The third kappa shape index (κ3) is 3.29. The first-order valence-corrected chi connectivity index (χ1v) is 5.60. The first-order valence-electron chi connectivity index (χ1n) is 5.60.